The van der Waals surface area contributed by atoms with Gasteiger partial charge in [-0.15, -0.1) is 0 Å². The molecule has 1 heterocycles. The van der Waals surface area contributed by atoms with Crippen molar-refractivity contribution in [1.82, 2.24) is 5.32 Å². The van der Waals surface area contributed by atoms with Gasteiger partial charge in [0.1, 0.15) is 0 Å². The van der Waals surface area contributed by atoms with Crippen molar-refractivity contribution >= 4 is 11.9 Å². The Kier molecular flexibility index (Phi) is 6.24. The summed E-state index contributed by atoms with van der Waals surface area (Å²) in [4.78, 5) is 25.4. The lowest BCUT2D eigenvalue weighted by atomic mass is 9.86. The van der Waals surface area contributed by atoms with E-state index in [-0.39, 0.29) is 23.8 Å². The predicted octanol–water partition coefficient (Wildman–Crippen LogP) is 0.538. The van der Waals surface area contributed by atoms with Gasteiger partial charge >= 0.3 is 5.97 Å². The minimum Gasteiger partial charge on any atom is -0.469 e. The molecule has 2 aliphatic rings. The van der Waals surface area contributed by atoms with E-state index >= 15 is 0 Å². The van der Waals surface area contributed by atoms with Crippen molar-refractivity contribution in [2.45, 2.75) is 64.5 Å². The maximum atomic E-state index is 12.5. The normalized spacial score (nSPS) is 33.8. The molecule has 1 amide bonds. The fourth-order valence-corrected chi connectivity index (χ4v) is 3.85. The molecule has 0 radical (unpaired) electrons. The van der Waals surface area contributed by atoms with Crippen LogP contribution in [0.1, 0.15) is 52.4 Å². The van der Waals surface area contributed by atoms with E-state index in [9.17, 15) is 9.59 Å². The molecule has 0 aromatic rings. The third kappa shape index (κ3) is 4.22. The van der Waals surface area contributed by atoms with Crippen LogP contribution < -0.4 is 10.2 Å². The number of hydrogen-bond acceptors (Lipinski definition) is 3. The Hall–Kier alpha value is -1.10. The van der Waals surface area contributed by atoms with Gasteiger partial charge in [0.2, 0.25) is 0 Å². The monoisotopic (exact) mass is 311 g/mol. The average molecular weight is 311 g/mol. The first-order valence-electron chi connectivity index (χ1n) is 8.75. The van der Waals surface area contributed by atoms with E-state index in [0.717, 1.165) is 32.4 Å². The van der Waals surface area contributed by atoms with Gasteiger partial charge in [-0.3, -0.25) is 9.59 Å². The van der Waals surface area contributed by atoms with E-state index in [4.69, 9.17) is 4.74 Å². The van der Waals surface area contributed by atoms with Crippen molar-refractivity contribution in [3.63, 3.8) is 0 Å². The second-order valence-electron chi connectivity index (χ2n) is 7.05. The fraction of sp³-hybridized carbons (Fsp3) is 0.882. The van der Waals surface area contributed by atoms with Gasteiger partial charge in [-0.2, -0.15) is 0 Å². The number of hydrogen-bond donors (Lipinski definition) is 2. The minimum atomic E-state index is -0.104. The SMILES string of the molecule is COC(=O)C1CC[NH+]([C@H](C)C(=O)N[C@H]2CCCC[C@H]2C)CC1. The summed E-state index contributed by atoms with van der Waals surface area (Å²) < 4.78 is 4.82. The summed E-state index contributed by atoms with van der Waals surface area (Å²) in [5.74, 6) is 0.671. The topological polar surface area (TPSA) is 59.8 Å². The second kappa shape index (κ2) is 7.95. The van der Waals surface area contributed by atoms with Crippen LogP contribution >= 0.6 is 0 Å². The quantitative estimate of drug-likeness (QED) is 0.745. The molecule has 22 heavy (non-hydrogen) atoms. The second-order valence-corrected chi connectivity index (χ2v) is 7.05. The lowest BCUT2D eigenvalue weighted by molar-refractivity contribution is -0.919. The number of quaternary nitrogens is 1. The van der Waals surface area contributed by atoms with E-state index in [1.807, 2.05) is 6.92 Å². The zero-order valence-electron chi connectivity index (χ0n) is 14.2. The molecule has 2 rings (SSSR count). The summed E-state index contributed by atoms with van der Waals surface area (Å²) >= 11 is 0. The standard InChI is InChI=1S/C17H30N2O3/c1-12-6-4-5-7-15(12)18-16(20)13(2)19-10-8-14(9-11-19)17(21)22-3/h12-15H,4-11H2,1-3H3,(H,18,20)/p+1/t12-,13-,15+/m1/s1. The highest BCUT2D eigenvalue weighted by Gasteiger charge is 2.34. The number of ether oxygens (including phenoxy) is 1. The molecule has 1 aliphatic carbocycles. The molecule has 1 saturated heterocycles. The Bertz CT molecular complexity index is 391. The number of piperidine rings is 1. The molecule has 0 aromatic heterocycles. The third-order valence-corrected chi connectivity index (χ3v) is 5.61. The minimum absolute atomic E-state index is 0.0161. The van der Waals surface area contributed by atoms with Crippen LogP contribution in [0.2, 0.25) is 0 Å². The number of carbonyl (C=O) groups is 2. The molecule has 1 aliphatic heterocycles. The molecule has 2 fully saturated rings. The highest BCUT2D eigenvalue weighted by molar-refractivity contribution is 5.80. The largest absolute Gasteiger partial charge is 0.469 e. The van der Waals surface area contributed by atoms with Crippen LogP contribution in [-0.4, -0.2) is 44.2 Å². The molecule has 1 saturated carbocycles. The summed E-state index contributed by atoms with van der Waals surface area (Å²) in [5, 5.41) is 3.26. The van der Waals surface area contributed by atoms with Crippen LogP contribution in [0.25, 0.3) is 0 Å². The number of nitrogens with one attached hydrogen (secondary N) is 2. The molecule has 0 unspecified atom stereocenters. The van der Waals surface area contributed by atoms with Gasteiger partial charge in [-0.1, -0.05) is 19.8 Å². The summed E-state index contributed by atoms with van der Waals surface area (Å²) in [6.07, 6.45) is 6.48. The smallest absolute Gasteiger partial charge is 0.309 e. The maximum Gasteiger partial charge on any atom is 0.309 e. The van der Waals surface area contributed by atoms with Gasteiger partial charge in [-0.25, -0.2) is 0 Å². The zero-order chi connectivity index (χ0) is 16.1. The molecular formula is C17H31N2O3+. The Labute approximate surface area is 133 Å². The summed E-state index contributed by atoms with van der Waals surface area (Å²) in [5.41, 5.74) is 0. The zero-order valence-corrected chi connectivity index (χ0v) is 14.2. The van der Waals surface area contributed by atoms with Gasteiger partial charge in [0, 0.05) is 18.9 Å². The van der Waals surface area contributed by atoms with Crippen LogP contribution in [0.4, 0.5) is 0 Å². The Morgan fingerprint density at radius 2 is 1.77 bits per heavy atom. The molecule has 0 spiro atoms. The van der Waals surface area contributed by atoms with E-state index in [1.165, 1.54) is 31.3 Å². The van der Waals surface area contributed by atoms with E-state index in [1.54, 1.807) is 0 Å². The van der Waals surface area contributed by atoms with E-state index < -0.39 is 0 Å². The highest BCUT2D eigenvalue weighted by Crippen LogP contribution is 2.23. The van der Waals surface area contributed by atoms with Gasteiger partial charge in [0.05, 0.1) is 26.1 Å². The number of amides is 1. The average Bonchev–Trinajstić information content (AvgIpc) is 2.55. The molecule has 0 bridgehead atoms. The number of carbonyl (C=O) groups excluding carboxylic acids is 2. The summed E-state index contributed by atoms with van der Waals surface area (Å²) in [6.45, 7) is 5.99. The summed E-state index contributed by atoms with van der Waals surface area (Å²) in [7, 11) is 1.45. The van der Waals surface area contributed by atoms with Crippen LogP contribution in [0.5, 0.6) is 0 Å². The molecule has 5 nitrogen and oxygen atoms in total. The highest BCUT2D eigenvalue weighted by atomic mass is 16.5. The van der Waals surface area contributed by atoms with E-state index in [0.29, 0.717) is 12.0 Å². The van der Waals surface area contributed by atoms with Crippen molar-refractivity contribution in [3.8, 4) is 0 Å². The van der Waals surface area contributed by atoms with Crippen molar-refractivity contribution in [2.24, 2.45) is 11.8 Å². The molecule has 126 valence electrons. The first-order chi connectivity index (χ1) is 10.5. The Balaban J connectivity index is 1.80. The van der Waals surface area contributed by atoms with Crippen LogP contribution in [0.3, 0.4) is 0 Å². The lowest BCUT2D eigenvalue weighted by Gasteiger charge is -2.34. The number of rotatable bonds is 4. The number of methoxy groups -OCH3 is 1. The fourth-order valence-electron chi connectivity index (χ4n) is 3.85. The van der Waals surface area contributed by atoms with Gasteiger partial charge in [0.15, 0.2) is 6.04 Å². The van der Waals surface area contributed by atoms with Crippen molar-refractivity contribution in [1.29, 1.82) is 0 Å². The molecule has 5 heteroatoms. The molecule has 3 atom stereocenters. The predicted molar refractivity (Wildman–Crippen MR) is 84.5 cm³/mol. The van der Waals surface area contributed by atoms with Crippen LogP contribution in [0.15, 0.2) is 0 Å². The molecule has 2 N–H and O–H groups in total. The Morgan fingerprint density at radius 1 is 1.14 bits per heavy atom. The van der Waals surface area contributed by atoms with Gasteiger partial charge in [-0.05, 0) is 25.7 Å². The van der Waals surface area contributed by atoms with Gasteiger partial charge < -0.3 is 15.0 Å². The first-order valence-corrected chi connectivity index (χ1v) is 8.75. The Morgan fingerprint density at radius 3 is 2.36 bits per heavy atom. The number of esters is 1. The first kappa shape index (κ1) is 17.3. The van der Waals surface area contributed by atoms with Crippen molar-refractivity contribution in [2.75, 3.05) is 20.2 Å². The lowest BCUT2D eigenvalue weighted by Crippen LogP contribution is -3.17. The van der Waals surface area contributed by atoms with Crippen molar-refractivity contribution < 1.29 is 19.2 Å². The maximum absolute atomic E-state index is 12.5. The van der Waals surface area contributed by atoms with E-state index in [2.05, 4.69) is 12.2 Å². The van der Waals surface area contributed by atoms with Crippen LogP contribution in [0, 0.1) is 11.8 Å². The third-order valence-electron chi connectivity index (χ3n) is 5.61. The number of likely N-dealkylation sites (tertiary alicyclic amines) is 1. The molecule has 0 aromatic carbocycles. The van der Waals surface area contributed by atoms with Crippen LogP contribution in [-0.2, 0) is 14.3 Å². The van der Waals surface area contributed by atoms with Crippen molar-refractivity contribution in [3.05, 3.63) is 0 Å². The van der Waals surface area contributed by atoms with Gasteiger partial charge in [0.25, 0.3) is 5.91 Å². The molecular weight excluding hydrogens is 280 g/mol. The summed E-state index contributed by atoms with van der Waals surface area (Å²) in [6, 6.07) is 0.309.